The van der Waals surface area contributed by atoms with Crippen molar-refractivity contribution in [3.8, 4) is 0 Å². The van der Waals surface area contributed by atoms with Crippen molar-refractivity contribution in [2.24, 2.45) is 4.99 Å². The minimum absolute atomic E-state index is 0. The van der Waals surface area contributed by atoms with Gasteiger partial charge in [0.2, 0.25) is 10.0 Å². The predicted octanol–water partition coefficient (Wildman–Crippen LogP) is 0.799. The Bertz CT molecular complexity index is 463. The summed E-state index contributed by atoms with van der Waals surface area (Å²) in [4.78, 5) is 6.76. The molecule has 158 valence electrons. The van der Waals surface area contributed by atoms with E-state index in [9.17, 15) is 8.42 Å². The van der Waals surface area contributed by atoms with Crippen LogP contribution >= 0.6 is 24.0 Å². The van der Waals surface area contributed by atoms with Crippen LogP contribution in [0.2, 0.25) is 0 Å². The maximum Gasteiger partial charge on any atom is 0.211 e. The normalized spacial score (nSPS) is 12.3. The van der Waals surface area contributed by atoms with Crippen LogP contribution < -0.4 is 10.6 Å². The van der Waals surface area contributed by atoms with Crippen LogP contribution in [0.5, 0.6) is 0 Å². The molecular formula is C16H38IN5O3S. The summed E-state index contributed by atoms with van der Waals surface area (Å²) in [7, 11) is 0.688. The molecule has 0 aromatic heterocycles. The van der Waals surface area contributed by atoms with Crippen LogP contribution in [0.3, 0.4) is 0 Å². The highest BCUT2D eigenvalue weighted by Gasteiger charge is 2.13. The van der Waals surface area contributed by atoms with Crippen molar-refractivity contribution in [2.75, 3.05) is 72.8 Å². The van der Waals surface area contributed by atoms with Crippen LogP contribution in [-0.2, 0) is 14.8 Å². The van der Waals surface area contributed by atoms with Crippen molar-refractivity contribution >= 4 is 40.0 Å². The Hall–Kier alpha value is -0.170. The van der Waals surface area contributed by atoms with Gasteiger partial charge in [0.15, 0.2) is 5.96 Å². The van der Waals surface area contributed by atoms with E-state index in [-0.39, 0.29) is 24.0 Å². The van der Waals surface area contributed by atoms with E-state index in [1.54, 1.807) is 7.11 Å². The second-order valence-electron chi connectivity index (χ2n) is 5.95. The molecule has 0 spiro atoms. The number of guanidine groups is 1. The number of hydrogen-bond acceptors (Lipinski definition) is 5. The maximum atomic E-state index is 11.5. The zero-order chi connectivity index (χ0) is 19.1. The van der Waals surface area contributed by atoms with E-state index < -0.39 is 10.0 Å². The van der Waals surface area contributed by atoms with Gasteiger partial charge in [0.05, 0.1) is 6.26 Å². The number of sulfonamides is 1. The molecule has 10 heteroatoms. The van der Waals surface area contributed by atoms with E-state index in [2.05, 4.69) is 27.6 Å². The van der Waals surface area contributed by atoms with Gasteiger partial charge < -0.3 is 20.3 Å². The fourth-order valence-electron chi connectivity index (χ4n) is 2.29. The Labute approximate surface area is 177 Å². The number of ether oxygens (including phenoxy) is 1. The molecule has 0 radical (unpaired) electrons. The topological polar surface area (TPSA) is 86.3 Å². The molecule has 0 fully saturated rings. The Morgan fingerprint density at radius 2 is 1.81 bits per heavy atom. The molecule has 2 N–H and O–H groups in total. The van der Waals surface area contributed by atoms with Crippen molar-refractivity contribution < 1.29 is 13.2 Å². The summed E-state index contributed by atoms with van der Waals surface area (Å²) in [6.45, 7) is 9.76. The molecule has 0 aliphatic carbocycles. The van der Waals surface area contributed by atoms with Gasteiger partial charge in [-0.3, -0.25) is 4.99 Å². The first-order valence-corrected chi connectivity index (χ1v) is 10.8. The zero-order valence-electron chi connectivity index (χ0n) is 17.0. The first-order chi connectivity index (χ1) is 11.8. The Morgan fingerprint density at radius 1 is 1.12 bits per heavy atom. The molecule has 0 aliphatic rings. The fourth-order valence-corrected chi connectivity index (χ4v) is 3.22. The molecule has 0 saturated heterocycles. The fraction of sp³-hybridized carbons (Fsp3) is 0.938. The lowest BCUT2D eigenvalue weighted by molar-refractivity contribution is 0.180. The molecule has 26 heavy (non-hydrogen) atoms. The molecule has 0 rings (SSSR count). The standard InChI is InChI=1S/C16H37N5O3S.HI/c1-6-17-16(19-11-14-20(3)12-9-15-24-4)18-10-8-13-21(7-2)25(5,22)23;/h6-15H2,1-5H3,(H2,17,18,19);1H. The molecule has 0 heterocycles. The number of nitrogens with zero attached hydrogens (tertiary/aromatic N) is 3. The van der Waals surface area contributed by atoms with Crippen molar-refractivity contribution in [1.82, 2.24) is 19.8 Å². The van der Waals surface area contributed by atoms with Gasteiger partial charge in [0, 0.05) is 59.5 Å². The van der Waals surface area contributed by atoms with Crippen LogP contribution in [0.4, 0.5) is 0 Å². The van der Waals surface area contributed by atoms with Crippen molar-refractivity contribution in [3.05, 3.63) is 0 Å². The third kappa shape index (κ3) is 14.9. The van der Waals surface area contributed by atoms with Crippen molar-refractivity contribution in [2.45, 2.75) is 26.7 Å². The largest absolute Gasteiger partial charge is 0.385 e. The quantitative estimate of drug-likeness (QED) is 0.157. The van der Waals surface area contributed by atoms with E-state index >= 15 is 0 Å². The lowest BCUT2D eigenvalue weighted by atomic mass is 10.4. The van der Waals surface area contributed by atoms with Gasteiger partial charge in [0.25, 0.3) is 0 Å². The van der Waals surface area contributed by atoms with E-state index in [0.717, 1.165) is 45.2 Å². The van der Waals surface area contributed by atoms with Crippen molar-refractivity contribution in [1.29, 1.82) is 0 Å². The monoisotopic (exact) mass is 507 g/mol. The highest BCUT2D eigenvalue weighted by atomic mass is 127. The summed E-state index contributed by atoms with van der Waals surface area (Å²) in [5, 5.41) is 6.52. The molecule has 0 atom stereocenters. The molecule has 0 aliphatic heterocycles. The SMILES string of the molecule is CCNC(=NCCCN(CC)S(C)(=O)=O)NCCN(C)CCCOC.I. The lowest BCUT2D eigenvalue weighted by Crippen LogP contribution is -2.41. The highest BCUT2D eigenvalue weighted by Crippen LogP contribution is 1.99. The van der Waals surface area contributed by atoms with E-state index in [0.29, 0.717) is 26.1 Å². The predicted molar refractivity (Wildman–Crippen MR) is 120 cm³/mol. The molecule has 0 unspecified atom stereocenters. The second-order valence-corrected chi connectivity index (χ2v) is 7.93. The third-order valence-electron chi connectivity index (χ3n) is 3.68. The van der Waals surface area contributed by atoms with Crippen LogP contribution in [0.15, 0.2) is 4.99 Å². The molecule has 0 bridgehead atoms. The maximum absolute atomic E-state index is 11.5. The molecule has 8 nitrogen and oxygen atoms in total. The molecular weight excluding hydrogens is 469 g/mol. The first kappa shape index (κ1) is 28.0. The molecule has 0 aromatic rings. The second kappa shape index (κ2) is 17.0. The summed E-state index contributed by atoms with van der Waals surface area (Å²) in [5.41, 5.74) is 0. The molecule has 0 amide bonds. The summed E-state index contributed by atoms with van der Waals surface area (Å²) in [6, 6.07) is 0. The molecule has 0 aromatic carbocycles. The number of nitrogens with one attached hydrogen (secondary N) is 2. The van der Waals surface area contributed by atoms with E-state index in [1.165, 1.54) is 10.6 Å². The van der Waals surface area contributed by atoms with E-state index in [4.69, 9.17) is 4.74 Å². The number of methoxy groups -OCH3 is 1. The Balaban J connectivity index is 0. The van der Waals surface area contributed by atoms with Crippen LogP contribution in [0, 0.1) is 0 Å². The number of likely N-dealkylation sites (N-methyl/N-ethyl adjacent to an activating group) is 1. The summed E-state index contributed by atoms with van der Waals surface area (Å²) in [5.74, 6) is 0.773. The number of aliphatic imine (C=N–C) groups is 1. The third-order valence-corrected chi connectivity index (χ3v) is 5.05. The minimum Gasteiger partial charge on any atom is -0.385 e. The lowest BCUT2D eigenvalue weighted by Gasteiger charge is -2.18. The average molecular weight is 507 g/mol. The Kier molecular flexibility index (Phi) is 18.3. The van der Waals surface area contributed by atoms with E-state index in [1.807, 2.05) is 13.8 Å². The van der Waals surface area contributed by atoms with Gasteiger partial charge in [-0.15, -0.1) is 24.0 Å². The first-order valence-electron chi connectivity index (χ1n) is 8.99. The van der Waals surface area contributed by atoms with Gasteiger partial charge in [-0.1, -0.05) is 6.92 Å². The van der Waals surface area contributed by atoms with Gasteiger partial charge in [-0.05, 0) is 26.8 Å². The summed E-state index contributed by atoms with van der Waals surface area (Å²) < 4.78 is 29.6. The molecule has 0 saturated carbocycles. The zero-order valence-corrected chi connectivity index (χ0v) is 20.1. The minimum atomic E-state index is -3.12. The smallest absolute Gasteiger partial charge is 0.211 e. The van der Waals surface area contributed by atoms with Crippen molar-refractivity contribution in [3.63, 3.8) is 0 Å². The highest BCUT2D eigenvalue weighted by molar-refractivity contribution is 14.0. The summed E-state index contributed by atoms with van der Waals surface area (Å²) in [6.07, 6.45) is 2.97. The van der Waals surface area contributed by atoms with Crippen LogP contribution in [0.1, 0.15) is 26.7 Å². The summed E-state index contributed by atoms with van der Waals surface area (Å²) >= 11 is 0. The van der Waals surface area contributed by atoms with Gasteiger partial charge in [0.1, 0.15) is 0 Å². The number of rotatable bonds is 14. The Morgan fingerprint density at radius 3 is 2.35 bits per heavy atom. The number of hydrogen-bond donors (Lipinski definition) is 2. The van der Waals surface area contributed by atoms with Gasteiger partial charge in [-0.25, -0.2) is 12.7 Å². The van der Waals surface area contributed by atoms with Gasteiger partial charge >= 0.3 is 0 Å². The van der Waals surface area contributed by atoms with Crippen LogP contribution in [0.25, 0.3) is 0 Å². The number of halogens is 1. The average Bonchev–Trinajstić information content (AvgIpc) is 2.53. The van der Waals surface area contributed by atoms with Crippen LogP contribution in [-0.4, -0.2) is 96.4 Å². The van der Waals surface area contributed by atoms with Gasteiger partial charge in [-0.2, -0.15) is 0 Å².